The molecule has 1 saturated heterocycles. The molecule has 4 rings (SSSR count). The first-order valence-electron chi connectivity index (χ1n) is 8.96. The van der Waals surface area contributed by atoms with Gasteiger partial charge < -0.3 is 19.9 Å². The number of nitrogens with one attached hydrogen (secondary N) is 1. The van der Waals surface area contributed by atoms with Gasteiger partial charge in [-0.25, -0.2) is 0 Å². The van der Waals surface area contributed by atoms with Crippen LogP contribution in [0.2, 0.25) is 0 Å². The highest BCUT2D eigenvalue weighted by Gasteiger charge is 2.16. The van der Waals surface area contributed by atoms with Crippen LogP contribution in [0.4, 0.5) is 17.1 Å². The predicted molar refractivity (Wildman–Crippen MR) is 108 cm³/mol. The lowest BCUT2D eigenvalue weighted by Crippen LogP contribution is -2.44. The van der Waals surface area contributed by atoms with Gasteiger partial charge in [0.1, 0.15) is 5.75 Å². The summed E-state index contributed by atoms with van der Waals surface area (Å²) >= 11 is 0. The molecule has 0 spiro atoms. The van der Waals surface area contributed by atoms with Crippen LogP contribution in [-0.2, 0) is 0 Å². The predicted octanol–water partition coefficient (Wildman–Crippen LogP) is 3.74. The fourth-order valence-electron chi connectivity index (χ4n) is 3.37. The van der Waals surface area contributed by atoms with Crippen molar-refractivity contribution >= 4 is 28.0 Å². The first-order valence-corrected chi connectivity index (χ1v) is 8.96. The van der Waals surface area contributed by atoms with Crippen LogP contribution in [0, 0.1) is 0 Å². The molecule has 134 valence electrons. The van der Waals surface area contributed by atoms with Crippen LogP contribution in [-0.4, -0.2) is 50.2 Å². The van der Waals surface area contributed by atoms with Crippen molar-refractivity contribution in [3.8, 4) is 5.75 Å². The van der Waals surface area contributed by atoms with Gasteiger partial charge in [-0.15, -0.1) is 0 Å². The second kappa shape index (κ2) is 7.22. The van der Waals surface area contributed by atoms with Crippen LogP contribution in [0.3, 0.4) is 0 Å². The maximum atomic E-state index is 5.21. The van der Waals surface area contributed by atoms with Crippen LogP contribution >= 0.6 is 0 Å². The molecule has 5 heteroatoms. The first-order chi connectivity index (χ1) is 12.7. The summed E-state index contributed by atoms with van der Waals surface area (Å²) < 4.78 is 5.21. The van der Waals surface area contributed by atoms with Crippen LogP contribution in [0.15, 0.2) is 54.7 Å². The Balaban J connectivity index is 1.59. The monoisotopic (exact) mass is 348 g/mol. The maximum Gasteiger partial charge on any atom is 0.119 e. The molecule has 0 radical (unpaired) electrons. The molecule has 1 aliphatic heterocycles. The van der Waals surface area contributed by atoms with Crippen LogP contribution in [0.1, 0.15) is 0 Å². The van der Waals surface area contributed by atoms with Gasteiger partial charge in [-0.2, -0.15) is 0 Å². The van der Waals surface area contributed by atoms with E-state index < -0.39 is 0 Å². The minimum Gasteiger partial charge on any atom is -0.497 e. The highest BCUT2D eigenvalue weighted by atomic mass is 16.5. The summed E-state index contributed by atoms with van der Waals surface area (Å²) in [6.45, 7) is 4.31. The quantitative estimate of drug-likeness (QED) is 0.778. The molecular weight excluding hydrogens is 324 g/mol. The van der Waals surface area contributed by atoms with E-state index in [0.717, 1.165) is 48.8 Å². The van der Waals surface area contributed by atoms with Gasteiger partial charge >= 0.3 is 0 Å². The third kappa shape index (κ3) is 3.44. The lowest BCUT2D eigenvalue weighted by atomic mass is 10.1. The number of pyridine rings is 1. The van der Waals surface area contributed by atoms with Crippen LogP contribution in [0.25, 0.3) is 10.9 Å². The summed E-state index contributed by atoms with van der Waals surface area (Å²) in [5, 5.41) is 4.64. The molecule has 5 nitrogen and oxygen atoms in total. The van der Waals surface area contributed by atoms with Gasteiger partial charge in [0.15, 0.2) is 0 Å². The Kier molecular flexibility index (Phi) is 4.63. The van der Waals surface area contributed by atoms with Crippen molar-refractivity contribution in [2.75, 3.05) is 50.6 Å². The molecule has 1 N–H and O–H groups in total. The van der Waals surface area contributed by atoms with E-state index >= 15 is 0 Å². The number of fused-ring (bicyclic) bond motifs is 1. The number of aromatic nitrogens is 1. The van der Waals surface area contributed by atoms with E-state index in [1.54, 1.807) is 7.11 Å². The minimum absolute atomic E-state index is 0.854. The molecule has 1 aromatic heterocycles. The summed E-state index contributed by atoms with van der Waals surface area (Å²) in [4.78, 5) is 9.41. The molecule has 0 unspecified atom stereocenters. The smallest absolute Gasteiger partial charge is 0.119 e. The third-order valence-corrected chi connectivity index (χ3v) is 4.94. The number of nitrogens with zero attached hydrogens (tertiary/aromatic N) is 3. The molecule has 2 aromatic carbocycles. The largest absolute Gasteiger partial charge is 0.497 e. The third-order valence-electron chi connectivity index (χ3n) is 4.94. The minimum atomic E-state index is 0.854. The van der Waals surface area contributed by atoms with Gasteiger partial charge in [0.2, 0.25) is 0 Å². The Morgan fingerprint density at radius 2 is 1.65 bits per heavy atom. The fourth-order valence-corrected chi connectivity index (χ4v) is 3.37. The van der Waals surface area contributed by atoms with Gasteiger partial charge in [-0.05, 0) is 55.6 Å². The van der Waals surface area contributed by atoms with Crippen molar-refractivity contribution in [1.29, 1.82) is 0 Å². The molecule has 3 aromatic rings. The van der Waals surface area contributed by atoms with Crippen molar-refractivity contribution in [2.24, 2.45) is 0 Å². The lowest BCUT2D eigenvalue weighted by molar-refractivity contribution is 0.313. The Bertz CT molecular complexity index is 886. The molecule has 2 heterocycles. The molecule has 0 atom stereocenters. The van der Waals surface area contributed by atoms with E-state index in [4.69, 9.17) is 4.74 Å². The fraction of sp³-hybridized carbons (Fsp3) is 0.286. The summed E-state index contributed by atoms with van der Waals surface area (Å²) in [7, 11) is 3.86. The maximum absolute atomic E-state index is 5.21. The topological polar surface area (TPSA) is 40.6 Å². The molecule has 0 bridgehead atoms. The van der Waals surface area contributed by atoms with E-state index in [1.807, 2.05) is 30.5 Å². The zero-order valence-electron chi connectivity index (χ0n) is 15.3. The number of hydrogen-bond acceptors (Lipinski definition) is 5. The number of benzene rings is 2. The number of rotatable bonds is 4. The zero-order valence-corrected chi connectivity index (χ0v) is 15.3. The lowest BCUT2D eigenvalue weighted by Gasteiger charge is -2.34. The SMILES string of the molecule is COc1ccc(Nc2ccc3c(N4CCN(C)CC4)ccnc3c2)cc1. The molecule has 0 saturated carbocycles. The molecular formula is C21H24N4O. The number of ether oxygens (including phenoxy) is 1. The number of likely N-dealkylation sites (N-methyl/N-ethyl adjacent to an activating group) is 1. The van der Waals surface area contributed by atoms with Crippen molar-refractivity contribution in [2.45, 2.75) is 0 Å². The number of piperazine rings is 1. The summed E-state index contributed by atoms with van der Waals surface area (Å²) in [6, 6.07) is 16.5. The molecule has 0 amide bonds. The van der Waals surface area contributed by atoms with Gasteiger partial charge in [0, 0.05) is 54.8 Å². The molecule has 1 aliphatic rings. The van der Waals surface area contributed by atoms with E-state index in [9.17, 15) is 0 Å². The number of methoxy groups -OCH3 is 1. The normalized spacial score (nSPS) is 15.2. The summed E-state index contributed by atoms with van der Waals surface area (Å²) in [5.74, 6) is 0.854. The number of hydrogen-bond donors (Lipinski definition) is 1. The molecule has 1 fully saturated rings. The van der Waals surface area contributed by atoms with Crippen LogP contribution in [0.5, 0.6) is 5.75 Å². The average Bonchev–Trinajstić information content (AvgIpc) is 2.69. The van der Waals surface area contributed by atoms with Gasteiger partial charge in [0.05, 0.1) is 12.6 Å². The Morgan fingerprint density at radius 1 is 0.923 bits per heavy atom. The van der Waals surface area contributed by atoms with Gasteiger partial charge in [-0.3, -0.25) is 4.98 Å². The van der Waals surface area contributed by atoms with Crippen molar-refractivity contribution in [3.63, 3.8) is 0 Å². The van der Waals surface area contributed by atoms with Crippen molar-refractivity contribution in [3.05, 3.63) is 54.7 Å². The Morgan fingerprint density at radius 3 is 2.38 bits per heavy atom. The van der Waals surface area contributed by atoms with Crippen LogP contribution < -0.4 is 15.0 Å². The van der Waals surface area contributed by atoms with Crippen molar-refractivity contribution < 1.29 is 4.74 Å². The van der Waals surface area contributed by atoms with Gasteiger partial charge in [-0.1, -0.05) is 0 Å². The second-order valence-electron chi connectivity index (χ2n) is 6.71. The van der Waals surface area contributed by atoms with Gasteiger partial charge in [0.25, 0.3) is 0 Å². The Labute approximate surface area is 154 Å². The van der Waals surface area contributed by atoms with Crippen molar-refractivity contribution in [1.82, 2.24) is 9.88 Å². The van der Waals surface area contributed by atoms with E-state index in [2.05, 4.69) is 51.4 Å². The van der Waals surface area contributed by atoms with E-state index in [-0.39, 0.29) is 0 Å². The zero-order chi connectivity index (χ0) is 17.9. The standard InChI is InChI=1S/C21H24N4O/c1-24-11-13-25(14-12-24)21-9-10-22-20-15-17(5-8-19(20)21)23-16-3-6-18(26-2)7-4-16/h3-10,15,23H,11-14H2,1-2H3. The summed E-state index contributed by atoms with van der Waals surface area (Å²) in [6.07, 6.45) is 1.91. The highest BCUT2D eigenvalue weighted by molar-refractivity contribution is 5.93. The summed E-state index contributed by atoms with van der Waals surface area (Å²) in [5.41, 5.74) is 4.35. The Hall–Kier alpha value is -2.79. The number of anilines is 3. The highest BCUT2D eigenvalue weighted by Crippen LogP contribution is 2.29. The molecule has 26 heavy (non-hydrogen) atoms. The van der Waals surface area contributed by atoms with E-state index in [1.165, 1.54) is 11.1 Å². The average molecular weight is 348 g/mol. The second-order valence-corrected chi connectivity index (χ2v) is 6.71. The first kappa shape index (κ1) is 16.7. The van der Waals surface area contributed by atoms with E-state index in [0.29, 0.717) is 0 Å². The molecule has 0 aliphatic carbocycles.